The summed E-state index contributed by atoms with van der Waals surface area (Å²) in [6.45, 7) is 3.01. The standard InChI is InChI=1S/C21H22Cl2N6O5/c1-12-20-13(6-14(22)7-15(20)23)2-3-28(12)21(31)16-11-27(4-5-34-16)19(30)10-25-17-8-26-18(9-24-17)29(32)33/h6-9,12,16H,2-5,10-11H2,1H3,(H,24,25)/t12-,16+/m0/s1. The highest BCUT2D eigenvalue weighted by Crippen LogP contribution is 2.37. The number of nitro groups is 1. The molecule has 0 saturated carbocycles. The number of halogens is 2. The van der Waals surface area contributed by atoms with Gasteiger partial charge in [0.15, 0.2) is 18.1 Å². The maximum absolute atomic E-state index is 13.3. The quantitative estimate of drug-likeness (QED) is 0.481. The monoisotopic (exact) mass is 508 g/mol. The van der Waals surface area contributed by atoms with Gasteiger partial charge in [0, 0.05) is 23.1 Å². The minimum atomic E-state index is -0.785. The lowest BCUT2D eigenvalue weighted by Gasteiger charge is -2.40. The van der Waals surface area contributed by atoms with Gasteiger partial charge in [-0.05, 0) is 46.5 Å². The average molecular weight is 509 g/mol. The molecule has 180 valence electrons. The van der Waals surface area contributed by atoms with Gasteiger partial charge in [0.25, 0.3) is 5.91 Å². The fourth-order valence-electron chi connectivity index (χ4n) is 4.20. The summed E-state index contributed by atoms with van der Waals surface area (Å²) >= 11 is 12.5. The molecule has 0 radical (unpaired) electrons. The number of carbonyl (C=O) groups is 2. The molecule has 2 aliphatic rings. The summed E-state index contributed by atoms with van der Waals surface area (Å²) in [6, 6.07) is 3.30. The van der Waals surface area contributed by atoms with Gasteiger partial charge < -0.3 is 30.0 Å². The summed E-state index contributed by atoms with van der Waals surface area (Å²) in [5.41, 5.74) is 1.90. The molecule has 1 aromatic heterocycles. The predicted molar refractivity (Wildman–Crippen MR) is 124 cm³/mol. The third kappa shape index (κ3) is 5.06. The second-order valence-electron chi connectivity index (χ2n) is 7.99. The summed E-state index contributed by atoms with van der Waals surface area (Å²) in [5.74, 6) is -0.602. The predicted octanol–water partition coefficient (Wildman–Crippen LogP) is 2.48. The molecule has 0 bridgehead atoms. The van der Waals surface area contributed by atoms with Crippen LogP contribution in [-0.2, 0) is 20.7 Å². The van der Waals surface area contributed by atoms with Crippen molar-refractivity contribution in [2.24, 2.45) is 0 Å². The van der Waals surface area contributed by atoms with Gasteiger partial charge in [0.05, 0.1) is 25.7 Å². The number of hydrogen-bond acceptors (Lipinski definition) is 8. The van der Waals surface area contributed by atoms with Crippen molar-refractivity contribution in [1.29, 1.82) is 0 Å². The van der Waals surface area contributed by atoms with E-state index in [-0.39, 0.29) is 49.2 Å². The normalized spacial score (nSPS) is 20.0. The molecule has 1 aromatic carbocycles. The van der Waals surface area contributed by atoms with E-state index in [1.807, 2.05) is 13.0 Å². The van der Waals surface area contributed by atoms with E-state index in [0.29, 0.717) is 29.6 Å². The molecule has 1 fully saturated rings. The molecule has 11 nitrogen and oxygen atoms in total. The number of nitrogens with one attached hydrogen (secondary N) is 1. The first-order valence-corrected chi connectivity index (χ1v) is 11.4. The molecule has 13 heteroatoms. The summed E-state index contributed by atoms with van der Waals surface area (Å²) in [5, 5.41) is 14.5. The van der Waals surface area contributed by atoms with Gasteiger partial charge in [0.1, 0.15) is 6.20 Å². The summed E-state index contributed by atoms with van der Waals surface area (Å²) in [6.07, 6.45) is 2.03. The number of amides is 2. The van der Waals surface area contributed by atoms with E-state index in [0.717, 1.165) is 17.3 Å². The molecule has 2 aliphatic heterocycles. The second kappa shape index (κ2) is 10.1. The fourth-order valence-corrected chi connectivity index (χ4v) is 4.89. The van der Waals surface area contributed by atoms with E-state index >= 15 is 0 Å². The Morgan fingerprint density at radius 2 is 2.06 bits per heavy atom. The lowest BCUT2D eigenvalue weighted by Crippen LogP contribution is -2.54. The maximum Gasteiger partial charge on any atom is 0.382 e. The molecule has 1 N–H and O–H groups in total. The largest absolute Gasteiger partial charge is 0.382 e. The van der Waals surface area contributed by atoms with Crippen LogP contribution >= 0.6 is 23.2 Å². The van der Waals surface area contributed by atoms with E-state index in [9.17, 15) is 19.7 Å². The third-order valence-corrected chi connectivity index (χ3v) is 6.44. The van der Waals surface area contributed by atoms with E-state index < -0.39 is 11.0 Å². The number of carbonyl (C=O) groups excluding carboxylic acids is 2. The SMILES string of the molecule is C[C@H]1c2c(Cl)cc(Cl)cc2CCN1C(=O)[C@H]1CN(C(=O)CNc2cnc([N+](=O)[O-])cn2)CCO1. The number of anilines is 1. The fraction of sp³-hybridized carbons (Fsp3) is 0.429. The molecule has 0 unspecified atom stereocenters. The van der Waals surface area contributed by atoms with Gasteiger partial charge >= 0.3 is 5.82 Å². The van der Waals surface area contributed by atoms with Crippen LogP contribution in [0, 0.1) is 10.1 Å². The zero-order valence-corrected chi connectivity index (χ0v) is 19.8. The smallest absolute Gasteiger partial charge is 0.365 e. The van der Waals surface area contributed by atoms with Crippen molar-refractivity contribution in [1.82, 2.24) is 19.8 Å². The Labute approximate surface area is 205 Å². The van der Waals surface area contributed by atoms with Crippen LogP contribution < -0.4 is 5.32 Å². The molecule has 3 heterocycles. The summed E-state index contributed by atoms with van der Waals surface area (Å²) < 4.78 is 5.71. The highest BCUT2D eigenvalue weighted by Gasteiger charge is 2.37. The van der Waals surface area contributed by atoms with Crippen molar-refractivity contribution < 1.29 is 19.2 Å². The van der Waals surface area contributed by atoms with Crippen molar-refractivity contribution in [3.8, 4) is 0 Å². The van der Waals surface area contributed by atoms with Crippen LogP contribution in [0.15, 0.2) is 24.5 Å². The summed E-state index contributed by atoms with van der Waals surface area (Å²) in [4.78, 5) is 46.8. The molecular weight excluding hydrogens is 487 g/mol. The zero-order chi connectivity index (χ0) is 24.4. The van der Waals surface area contributed by atoms with Crippen LogP contribution in [-0.4, -0.2) is 75.4 Å². The van der Waals surface area contributed by atoms with Crippen molar-refractivity contribution in [2.45, 2.75) is 25.5 Å². The molecular formula is C21H22Cl2N6O5. The second-order valence-corrected chi connectivity index (χ2v) is 8.83. The number of nitrogens with zero attached hydrogens (tertiary/aromatic N) is 5. The Morgan fingerprint density at radius 3 is 2.76 bits per heavy atom. The number of rotatable bonds is 5. The van der Waals surface area contributed by atoms with Crippen molar-refractivity contribution in [3.63, 3.8) is 0 Å². The number of benzene rings is 1. The van der Waals surface area contributed by atoms with Crippen LogP contribution in [0.4, 0.5) is 11.6 Å². The molecule has 0 aliphatic carbocycles. The Hall–Kier alpha value is -3.02. The van der Waals surface area contributed by atoms with Gasteiger partial charge in [-0.2, -0.15) is 0 Å². The summed E-state index contributed by atoms with van der Waals surface area (Å²) in [7, 11) is 0. The number of ether oxygens (including phenoxy) is 1. The first kappa shape index (κ1) is 24.1. The topological polar surface area (TPSA) is 131 Å². The Balaban J connectivity index is 1.37. The third-order valence-electron chi connectivity index (χ3n) is 5.91. The molecule has 2 atom stereocenters. The van der Waals surface area contributed by atoms with Gasteiger partial charge in [0.2, 0.25) is 5.91 Å². The van der Waals surface area contributed by atoms with Crippen molar-refractivity contribution in [2.75, 3.05) is 38.1 Å². The van der Waals surface area contributed by atoms with E-state index in [1.165, 1.54) is 6.20 Å². The molecule has 2 amide bonds. The van der Waals surface area contributed by atoms with E-state index in [2.05, 4.69) is 15.3 Å². The first-order chi connectivity index (χ1) is 16.2. The number of aromatic nitrogens is 2. The lowest BCUT2D eigenvalue weighted by atomic mass is 9.93. The molecule has 2 aromatic rings. The molecule has 34 heavy (non-hydrogen) atoms. The van der Waals surface area contributed by atoms with Gasteiger partial charge in [-0.15, -0.1) is 0 Å². The Bertz CT molecular complexity index is 1120. The Morgan fingerprint density at radius 1 is 1.26 bits per heavy atom. The lowest BCUT2D eigenvalue weighted by molar-refractivity contribution is -0.389. The van der Waals surface area contributed by atoms with Crippen molar-refractivity contribution in [3.05, 3.63) is 55.8 Å². The number of fused-ring (bicyclic) bond motifs is 1. The van der Waals surface area contributed by atoms with Crippen LogP contribution in [0.3, 0.4) is 0 Å². The van der Waals surface area contributed by atoms with Crippen LogP contribution in [0.25, 0.3) is 0 Å². The highest BCUT2D eigenvalue weighted by molar-refractivity contribution is 6.35. The minimum Gasteiger partial charge on any atom is -0.365 e. The van der Waals surface area contributed by atoms with Crippen LogP contribution in [0.5, 0.6) is 0 Å². The van der Waals surface area contributed by atoms with E-state index in [1.54, 1.807) is 15.9 Å². The maximum atomic E-state index is 13.3. The molecule has 0 spiro atoms. The van der Waals surface area contributed by atoms with Gasteiger partial charge in [-0.3, -0.25) is 9.59 Å². The van der Waals surface area contributed by atoms with Crippen LogP contribution in [0.1, 0.15) is 24.1 Å². The van der Waals surface area contributed by atoms with Gasteiger partial charge in [-0.25, -0.2) is 4.98 Å². The van der Waals surface area contributed by atoms with E-state index in [4.69, 9.17) is 27.9 Å². The number of hydrogen-bond donors (Lipinski definition) is 1. The highest BCUT2D eigenvalue weighted by atomic mass is 35.5. The number of morpholine rings is 1. The molecule has 1 saturated heterocycles. The van der Waals surface area contributed by atoms with Crippen molar-refractivity contribution >= 4 is 46.7 Å². The molecule has 4 rings (SSSR count). The Kier molecular flexibility index (Phi) is 7.15. The van der Waals surface area contributed by atoms with Crippen LogP contribution in [0.2, 0.25) is 10.0 Å². The minimum absolute atomic E-state index is 0.0999. The van der Waals surface area contributed by atoms with Gasteiger partial charge in [-0.1, -0.05) is 23.2 Å². The first-order valence-electron chi connectivity index (χ1n) is 10.6. The zero-order valence-electron chi connectivity index (χ0n) is 18.2. The average Bonchev–Trinajstić information content (AvgIpc) is 2.82.